The van der Waals surface area contributed by atoms with Gasteiger partial charge in [-0.3, -0.25) is 19.0 Å². The second-order valence-electron chi connectivity index (χ2n) is 8.97. The standard InChI is InChI=1S/C26H25ClN2O3/c1-26(2)15-22-20(23(30)16-26)14-21(24(31)28-13-12-17-6-4-3-5-7-17)25(32)29(22)19-10-8-18(27)9-11-19/h3-11,14H,12-13,15-16H2,1-2H3,(H,28,31). The maximum absolute atomic E-state index is 13.5. The van der Waals surface area contributed by atoms with Gasteiger partial charge in [0, 0.05) is 34.9 Å². The summed E-state index contributed by atoms with van der Waals surface area (Å²) in [7, 11) is 0. The van der Waals surface area contributed by atoms with Crippen molar-refractivity contribution in [2.75, 3.05) is 6.54 Å². The minimum absolute atomic E-state index is 0.0279. The molecule has 1 aliphatic carbocycles. The summed E-state index contributed by atoms with van der Waals surface area (Å²) in [5.41, 5.74) is 2.01. The van der Waals surface area contributed by atoms with Crippen LogP contribution in [0.3, 0.4) is 0 Å². The number of aromatic nitrogens is 1. The van der Waals surface area contributed by atoms with E-state index in [1.807, 2.05) is 44.2 Å². The summed E-state index contributed by atoms with van der Waals surface area (Å²) >= 11 is 6.03. The van der Waals surface area contributed by atoms with Crippen molar-refractivity contribution in [1.82, 2.24) is 9.88 Å². The molecule has 1 aliphatic rings. The second-order valence-corrected chi connectivity index (χ2v) is 9.40. The van der Waals surface area contributed by atoms with E-state index in [-0.39, 0.29) is 16.8 Å². The zero-order valence-corrected chi connectivity index (χ0v) is 18.9. The maximum Gasteiger partial charge on any atom is 0.268 e. The van der Waals surface area contributed by atoms with Gasteiger partial charge in [0.15, 0.2) is 5.78 Å². The predicted octanol–water partition coefficient (Wildman–Crippen LogP) is 4.62. The number of carbonyl (C=O) groups is 2. The number of nitrogens with zero attached hydrogens (tertiary/aromatic N) is 1. The second kappa shape index (κ2) is 8.75. The first-order valence-corrected chi connectivity index (χ1v) is 11.0. The lowest BCUT2D eigenvalue weighted by atomic mass is 9.75. The predicted molar refractivity (Wildman–Crippen MR) is 126 cm³/mol. The molecule has 0 aliphatic heterocycles. The highest BCUT2D eigenvalue weighted by atomic mass is 35.5. The van der Waals surface area contributed by atoms with Gasteiger partial charge in [-0.25, -0.2) is 0 Å². The molecule has 1 aromatic heterocycles. The Hall–Kier alpha value is -3.18. The molecule has 0 spiro atoms. The van der Waals surface area contributed by atoms with Gasteiger partial charge in [0.1, 0.15) is 5.56 Å². The third-order valence-corrected chi connectivity index (χ3v) is 6.01. The summed E-state index contributed by atoms with van der Waals surface area (Å²) in [5.74, 6) is -0.536. The van der Waals surface area contributed by atoms with Crippen LogP contribution in [0, 0.1) is 5.41 Å². The van der Waals surface area contributed by atoms with Crippen LogP contribution in [-0.2, 0) is 12.8 Å². The Balaban J connectivity index is 1.73. The van der Waals surface area contributed by atoms with Crippen LogP contribution in [0.5, 0.6) is 0 Å². The molecule has 3 aromatic rings. The number of hydrogen-bond donors (Lipinski definition) is 1. The van der Waals surface area contributed by atoms with Crippen molar-refractivity contribution in [1.29, 1.82) is 0 Å². The smallest absolute Gasteiger partial charge is 0.268 e. The van der Waals surface area contributed by atoms with Crippen LogP contribution in [0.4, 0.5) is 0 Å². The summed E-state index contributed by atoms with van der Waals surface area (Å²) in [6.45, 7) is 4.41. The number of benzene rings is 2. The van der Waals surface area contributed by atoms with Gasteiger partial charge in [0.2, 0.25) is 0 Å². The number of rotatable bonds is 5. The number of hydrogen-bond acceptors (Lipinski definition) is 3. The summed E-state index contributed by atoms with van der Waals surface area (Å²) < 4.78 is 1.50. The van der Waals surface area contributed by atoms with Crippen molar-refractivity contribution in [3.8, 4) is 5.69 Å². The zero-order valence-electron chi connectivity index (χ0n) is 18.2. The van der Waals surface area contributed by atoms with E-state index in [0.29, 0.717) is 47.8 Å². The largest absolute Gasteiger partial charge is 0.352 e. The Labute approximate surface area is 192 Å². The fourth-order valence-electron chi connectivity index (χ4n) is 4.20. The SMILES string of the molecule is CC1(C)CC(=O)c2cc(C(=O)NCCc3ccccc3)c(=O)n(-c3ccc(Cl)cc3)c2C1. The van der Waals surface area contributed by atoms with Crippen molar-refractivity contribution in [3.63, 3.8) is 0 Å². The molecule has 5 nitrogen and oxygen atoms in total. The minimum atomic E-state index is -0.478. The number of fused-ring (bicyclic) bond motifs is 1. The number of halogens is 1. The molecular formula is C26H25ClN2O3. The normalized spacial score (nSPS) is 14.7. The highest BCUT2D eigenvalue weighted by molar-refractivity contribution is 6.30. The molecule has 0 unspecified atom stereocenters. The average Bonchev–Trinajstić information content (AvgIpc) is 2.74. The molecule has 164 valence electrons. The van der Waals surface area contributed by atoms with Crippen molar-refractivity contribution in [3.05, 3.63) is 98.4 Å². The van der Waals surface area contributed by atoms with Gasteiger partial charge in [-0.2, -0.15) is 0 Å². The van der Waals surface area contributed by atoms with E-state index in [2.05, 4.69) is 5.32 Å². The van der Waals surface area contributed by atoms with E-state index in [9.17, 15) is 14.4 Å². The van der Waals surface area contributed by atoms with Crippen LogP contribution in [0.1, 0.15) is 52.2 Å². The molecule has 32 heavy (non-hydrogen) atoms. The van der Waals surface area contributed by atoms with Crippen LogP contribution < -0.4 is 10.9 Å². The first kappa shape index (κ1) is 22.0. The monoisotopic (exact) mass is 448 g/mol. The Morgan fingerprint density at radius 1 is 1.03 bits per heavy atom. The van der Waals surface area contributed by atoms with Crippen LogP contribution in [0.25, 0.3) is 5.69 Å². The van der Waals surface area contributed by atoms with E-state index in [0.717, 1.165) is 5.56 Å². The average molecular weight is 449 g/mol. The van der Waals surface area contributed by atoms with E-state index in [1.54, 1.807) is 24.3 Å². The maximum atomic E-state index is 13.5. The Morgan fingerprint density at radius 3 is 2.41 bits per heavy atom. The first-order valence-electron chi connectivity index (χ1n) is 10.7. The summed E-state index contributed by atoms with van der Waals surface area (Å²) in [6.07, 6.45) is 1.58. The highest BCUT2D eigenvalue weighted by Gasteiger charge is 2.35. The van der Waals surface area contributed by atoms with Crippen LogP contribution in [-0.4, -0.2) is 22.8 Å². The number of nitrogens with one attached hydrogen (secondary N) is 1. The number of Topliss-reactive ketones (excluding diaryl/α,β-unsaturated/α-hetero) is 1. The lowest BCUT2D eigenvalue weighted by Crippen LogP contribution is -2.39. The molecule has 0 saturated carbocycles. The number of carbonyl (C=O) groups excluding carboxylic acids is 2. The lowest BCUT2D eigenvalue weighted by Gasteiger charge is -2.32. The van der Waals surface area contributed by atoms with Crippen molar-refractivity contribution in [2.45, 2.75) is 33.1 Å². The van der Waals surface area contributed by atoms with E-state index in [4.69, 9.17) is 11.6 Å². The molecule has 0 atom stereocenters. The molecule has 4 rings (SSSR count). The van der Waals surface area contributed by atoms with Crippen LogP contribution in [0.2, 0.25) is 5.02 Å². The number of ketones is 1. The molecule has 0 fully saturated rings. The summed E-state index contributed by atoms with van der Waals surface area (Å²) in [4.78, 5) is 39.4. The Morgan fingerprint density at radius 2 is 1.72 bits per heavy atom. The number of pyridine rings is 1. The van der Waals surface area contributed by atoms with Crippen molar-refractivity contribution >= 4 is 23.3 Å². The third-order valence-electron chi connectivity index (χ3n) is 5.76. The summed E-state index contributed by atoms with van der Waals surface area (Å²) in [5, 5.41) is 3.37. The third kappa shape index (κ3) is 4.53. The molecule has 1 amide bonds. The van der Waals surface area contributed by atoms with Gasteiger partial charge in [-0.15, -0.1) is 0 Å². The van der Waals surface area contributed by atoms with Gasteiger partial charge < -0.3 is 5.32 Å². The fraction of sp³-hybridized carbons (Fsp3) is 0.269. The van der Waals surface area contributed by atoms with Crippen LogP contribution >= 0.6 is 11.6 Å². The molecule has 0 radical (unpaired) electrons. The molecule has 2 aromatic carbocycles. The van der Waals surface area contributed by atoms with E-state index < -0.39 is 11.5 Å². The van der Waals surface area contributed by atoms with E-state index >= 15 is 0 Å². The van der Waals surface area contributed by atoms with Gasteiger partial charge in [0.25, 0.3) is 11.5 Å². The Kier molecular flexibility index (Phi) is 6.02. The first-order chi connectivity index (χ1) is 15.2. The number of amides is 1. The van der Waals surface area contributed by atoms with Crippen molar-refractivity contribution < 1.29 is 9.59 Å². The van der Waals surface area contributed by atoms with Gasteiger partial charge in [-0.1, -0.05) is 55.8 Å². The summed E-state index contributed by atoms with van der Waals surface area (Å²) in [6, 6.07) is 18.1. The molecule has 1 N–H and O–H groups in total. The van der Waals surface area contributed by atoms with Gasteiger partial charge in [0.05, 0.1) is 0 Å². The molecule has 1 heterocycles. The molecule has 6 heteroatoms. The van der Waals surface area contributed by atoms with Gasteiger partial charge >= 0.3 is 0 Å². The minimum Gasteiger partial charge on any atom is -0.352 e. The van der Waals surface area contributed by atoms with Gasteiger partial charge in [-0.05, 0) is 54.2 Å². The quantitative estimate of drug-likeness (QED) is 0.619. The van der Waals surface area contributed by atoms with E-state index in [1.165, 1.54) is 10.6 Å². The van der Waals surface area contributed by atoms with Crippen LogP contribution in [0.15, 0.2) is 65.5 Å². The Bertz CT molecular complexity index is 1230. The van der Waals surface area contributed by atoms with Crippen molar-refractivity contribution in [2.24, 2.45) is 5.41 Å². The molecule has 0 saturated heterocycles. The highest BCUT2D eigenvalue weighted by Crippen LogP contribution is 2.35. The molecular weight excluding hydrogens is 424 g/mol. The zero-order chi connectivity index (χ0) is 22.9. The fourth-order valence-corrected chi connectivity index (χ4v) is 4.33. The topological polar surface area (TPSA) is 68.2 Å². The lowest BCUT2D eigenvalue weighted by molar-refractivity contribution is 0.0908. The molecule has 0 bridgehead atoms.